The molecule has 1 saturated heterocycles. The third-order valence-corrected chi connectivity index (χ3v) is 5.12. The third kappa shape index (κ3) is 4.83. The third-order valence-electron chi connectivity index (χ3n) is 5.12. The predicted molar refractivity (Wildman–Crippen MR) is 110 cm³/mol. The Kier molecular flexibility index (Phi) is 6.47. The Morgan fingerprint density at radius 2 is 1.79 bits per heavy atom. The first kappa shape index (κ1) is 23.8. The molecule has 4 amide bonds. The molecule has 1 fully saturated rings. The van der Waals surface area contributed by atoms with Crippen molar-refractivity contribution in [2.75, 3.05) is 30.8 Å². The summed E-state index contributed by atoms with van der Waals surface area (Å²) in [6, 6.07) is 5.41. The van der Waals surface area contributed by atoms with Crippen LogP contribution in [0.5, 0.6) is 5.75 Å². The van der Waals surface area contributed by atoms with Crippen molar-refractivity contribution < 1.29 is 36.7 Å². The lowest BCUT2D eigenvalue weighted by molar-refractivity contribution is -0.137. The lowest BCUT2D eigenvalue weighted by Crippen LogP contribution is -2.46. The van der Waals surface area contributed by atoms with Gasteiger partial charge in [0, 0.05) is 19.3 Å². The number of likely N-dealkylation sites (N-methyl/N-ethyl adjacent to an activating group) is 2. The summed E-state index contributed by atoms with van der Waals surface area (Å²) >= 11 is 0. The second kappa shape index (κ2) is 8.96. The highest BCUT2D eigenvalue weighted by Crippen LogP contribution is 2.37. The van der Waals surface area contributed by atoms with Crippen molar-refractivity contribution in [3.05, 3.63) is 53.8 Å². The standard InChI is InChI=1S/C21H20F4N4O4/c1-3-28(20(32)33-14-7-4-12(22)5-8-14)11-17-18(30)29(19(31)27(17)2)13-6-9-16(26)15(10-13)21(23,24)25/h4-10,17H,3,11,26H2,1-2H3/t17-/m1/s1. The number of urea groups is 1. The minimum absolute atomic E-state index is 0.0743. The second-order valence-corrected chi connectivity index (χ2v) is 7.21. The zero-order valence-electron chi connectivity index (χ0n) is 17.6. The number of imide groups is 1. The topological polar surface area (TPSA) is 96.2 Å². The van der Waals surface area contributed by atoms with Gasteiger partial charge in [-0.1, -0.05) is 0 Å². The summed E-state index contributed by atoms with van der Waals surface area (Å²) < 4.78 is 57.8. The quantitative estimate of drug-likeness (QED) is 0.410. The summed E-state index contributed by atoms with van der Waals surface area (Å²) in [5.74, 6) is -1.26. The second-order valence-electron chi connectivity index (χ2n) is 7.21. The fourth-order valence-corrected chi connectivity index (χ4v) is 3.28. The predicted octanol–water partition coefficient (Wildman–Crippen LogP) is 3.71. The van der Waals surface area contributed by atoms with Crippen molar-refractivity contribution in [3.63, 3.8) is 0 Å². The molecular weight excluding hydrogens is 448 g/mol. The van der Waals surface area contributed by atoms with Crippen LogP contribution < -0.4 is 15.4 Å². The summed E-state index contributed by atoms with van der Waals surface area (Å²) in [6.45, 7) is 1.45. The van der Waals surface area contributed by atoms with Crippen LogP contribution in [0.3, 0.4) is 0 Å². The summed E-state index contributed by atoms with van der Waals surface area (Å²) in [5, 5.41) is 0. The maximum Gasteiger partial charge on any atom is 0.418 e. The Balaban J connectivity index is 1.80. The molecule has 2 aromatic carbocycles. The van der Waals surface area contributed by atoms with Crippen molar-refractivity contribution in [1.82, 2.24) is 9.80 Å². The van der Waals surface area contributed by atoms with E-state index < -0.39 is 47.3 Å². The molecule has 12 heteroatoms. The summed E-state index contributed by atoms with van der Waals surface area (Å²) in [6.07, 6.45) is -5.62. The fraction of sp³-hybridized carbons (Fsp3) is 0.286. The number of amides is 4. The minimum atomic E-state index is -4.78. The largest absolute Gasteiger partial charge is 0.418 e. The van der Waals surface area contributed by atoms with Crippen molar-refractivity contribution in [1.29, 1.82) is 0 Å². The van der Waals surface area contributed by atoms with Crippen LogP contribution in [-0.4, -0.2) is 54.0 Å². The van der Waals surface area contributed by atoms with Crippen LogP contribution >= 0.6 is 0 Å². The van der Waals surface area contributed by atoms with Gasteiger partial charge >= 0.3 is 18.3 Å². The van der Waals surface area contributed by atoms with E-state index in [9.17, 15) is 31.9 Å². The van der Waals surface area contributed by atoms with Crippen LogP contribution in [0.1, 0.15) is 12.5 Å². The number of alkyl halides is 3. The van der Waals surface area contributed by atoms with E-state index in [0.717, 1.165) is 34.1 Å². The molecule has 1 aliphatic rings. The molecule has 0 aromatic heterocycles. The minimum Gasteiger partial charge on any atom is -0.410 e. The molecule has 1 heterocycles. The van der Waals surface area contributed by atoms with Crippen LogP contribution in [0.4, 0.5) is 38.5 Å². The van der Waals surface area contributed by atoms with Crippen LogP contribution in [0, 0.1) is 5.82 Å². The van der Waals surface area contributed by atoms with Gasteiger partial charge in [0.05, 0.1) is 17.8 Å². The fourth-order valence-electron chi connectivity index (χ4n) is 3.28. The smallest absolute Gasteiger partial charge is 0.410 e. The molecule has 0 saturated carbocycles. The Labute approximate surface area is 186 Å². The average molecular weight is 468 g/mol. The van der Waals surface area contributed by atoms with Gasteiger partial charge in [-0.2, -0.15) is 13.2 Å². The number of nitrogens with zero attached hydrogens (tertiary/aromatic N) is 3. The highest BCUT2D eigenvalue weighted by molar-refractivity contribution is 6.21. The first-order valence-corrected chi connectivity index (χ1v) is 9.73. The summed E-state index contributed by atoms with van der Waals surface area (Å²) in [7, 11) is 1.30. The number of rotatable bonds is 5. The lowest BCUT2D eigenvalue weighted by Gasteiger charge is -2.25. The molecule has 176 valence electrons. The van der Waals surface area contributed by atoms with Gasteiger partial charge in [0.2, 0.25) is 0 Å². The summed E-state index contributed by atoms with van der Waals surface area (Å²) in [5.41, 5.74) is 3.37. The number of hydrogen-bond acceptors (Lipinski definition) is 5. The van der Waals surface area contributed by atoms with Crippen LogP contribution in [0.2, 0.25) is 0 Å². The monoisotopic (exact) mass is 468 g/mol. The average Bonchev–Trinajstić information content (AvgIpc) is 2.96. The number of carbonyl (C=O) groups is 3. The Hall–Kier alpha value is -3.83. The molecule has 0 spiro atoms. The van der Waals surface area contributed by atoms with E-state index in [0.29, 0.717) is 11.0 Å². The maximum atomic E-state index is 13.2. The van der Waals surface area contributed by atoms with Gasteiger partial charge < -0.3 is 20.3 Å². The van der Waals surface area contributed by atoms with E-state index in [2.05, 4.69) is 0 Å². The normalized spacial score (nSPS) is 16.4. The number of benzene rings is 2. The molecule has 1 aliphatic heterocycles. The maximum absolute atomic E-state index is 13.2. The molecule has 0 radical (unpaired) electrons. The van der Waals surface area contributed by atoms with E-state index >= 15 is 0 Å². The van der Waals surface area contributed by atoms with Crippen molar-refractivity contribution in [2.45, 2.75) is 19.1 Å². The van der Waals surface area contributed by atoms with E-state index in [1.54, 1.807) is 6.92 Å². The van der Waals surface area contributed by atoms with Crippen LogP contribution in [-0.2, 0) is 11.0 Å². The number of ether oxygens (including phenoxy) is 1. The van der Waals surface area contributed by atoms with E-state index in [1.165, 1.54) is 19.2 Å². The van der Waals surface area contributed by atoms with Gasteiger partial charge in [-0.3, -0.25) is 4.79 Å². The van der Waals surface area contributed by atoms with Crippen molar-refractivity contribution >= 4 is 29.4 Å². The molecule has 1 atom stereocenters. The van der Waals surface area contributed by atoms with Crippen LogP contribution in [0.25, 0.3) is 0 Å². The lowest BCUT2D eigenvalue weighted by atomic mass is 10.1. The number of hydrogen-bond donors (Lipinski definition) is 1. The number of anilines is 2. The van der Waals surface area contributed by atoms with Crippen molar-refractivity contribution in [3.8, 4) is 5.75 Å². The molecule has 8 nitrogen and oxygen atoms in total. The van der Waals surface area contributed by atoms with Crippen LogP contribution in [0.15, 0.2) is 42.5 Å². The van der Waals surface area contributed by atoms with Crippen molar-refractivity contribution in [2.24, 2.45) is 0 Å². The highest BCUT2D eigenvalue weighted by atomic mass is 19.4. The molecule has 3 rings (SSSR count). The van der Waals surface area contributed by atoms with E-state index in [4.69, 9.17) is 10.5 Å². The highest BCUT2D eigenvalue weighted by Gasteiger charge is 2.46. The molecule has 0 unspecified atom stereocenters. The van der Waals surface area contributed by atoms with E-state index in [1.807, 2.05) is 0 Å². The molecule has 33 heavy (non-hydrogen) atoms. The van der Waals surface area contributed by atoms with Gasteiger partial charge in [-0.05, 0) is 49.4 Å². The number of nitrogen functional groups attached to an aromatic ring is 1. The van der Waals surface area contributed by atoms with E-state index in [-0.39, 0.29) is 24.5 Å². The zero-order chi connectivity index (χ0) is 24.5. The van der Waals surface area contributed by atoms with Gasteiger partial charge in [0.1, 0.15) is 17.6 Å². The number of nitrogens with two attached hydrogens (primary N) is 1. The Morgan fingerprint density at radius 1 is 1.15 bits per heavy atom. The number of halogens is 4. The van der Waals surface area contributed by atoms with Gasteiger partial charge in [0.25, 0.3) is 5.91 Å². The molecule has 0 bridgehead atoms. The Bertz CT molecular complexity index is 1070. The molecule has 2 aromatic rings. The van der Waals surface area contributed by atoms with Gasteiger partial charge in [-0.15, -0.1) is 0 Å². The summed E-state index contributed by atoms with van der Waals surface area (Å²) in [4.78, 5) is 40.9. The first-order valence-electron chi connectivity index (χ1n) is 9.73. The van der Waals surface area contributed by atoms with Gasteiger partial charge in [0.15, 0.2) is 0 Å². The zero-order valence-corrected chi connectivity index (χ0v) is 17.6. The van der Waals surface area contributed by atoms with Gasteiger partial charge in [-0.25, -0.2) is 18.9 Å². The SMILES string of the molecule is CCN(C[C@@H]1C(=O)N(c2ccc(N)c(C(F)(F)F)c2)C(=O)N1C)C(=O)Oc1ccc(F)cc1. The number of carbonyl (C=O) groups excluding carboxylic acids is 3. The Morgan fingerprint density at radius 3 is 2.36 bits per heavy atom. The molecule has 0 aliphatic carbocycles. The molecule has 2 N–H and O–H groups in total. The first-order chi connectivity index (χ1) is 15.4. The molecular formula is C21H20F4N4O4.